The van der Waals surface area contributed by atoms with E-state index in [2.05, 4.69) is 10.0 Å². The summed E-state index contributed by atoms with van der Waals surface area (Å²) in [6.07, 6.45) is -1.83. The lowest BCUT2D eigenvalue weighted by atomic mass is 10.1. The zero-order valence-electron chi connectivity index (χ0n) is 12.4. The fourth-order valence-corrected chi connectivity index (χ4v) is 3.48. The molecule has 9 heteroatoms. The van der Waals surface area contributed by atoms with Crippen LogP contribution in [0.15, 0.2) is 34.7 Å². The maximum Gasteiger partial charge on any atom is 0.416 e. The Balaban J connectivity index is 0.00000264. The molecular formula is C14H18ClF3N2O2S. The molecule has 0 unspecified atom stereocenters. The summed E-state index contributed by atoms with van der Waals surface area (Å²) in [7, 11) is -3.83. The topological polar surface area (TPSA) is 58.2 Å². The highest BCUT2D eigenvalue weighted by molar-refractivity contribution is 7.89. The van der Waals surface area contributed by atoms with Crippen molar-refractivity contribution in [3.05, 3.63) is 41.0 Å². The van der Waals surface area contributed by atoms with Crippen molar-refractivity contribution in [2.75, 3.05) is 19.6 Å². The van der Waals surface area contributed by atoms with Crippen LogP contribution in [-0.2, 0) is 16.2 Å². The molecule has 0 spiro atoms. The zero-order chi connectivity index (χ0) is 16.4. The molecule has 23 heavy (non-hydrogen) atoms. The normalized spacial score (nSPS) is 15.7. The molecule has 1 aliphatic rings. The monoisotopic (exact) mass is 370 g/mol. The average Bonchev–Trinajstić information content (AvgIpc) is 2.45. The maximum absolute atomic E-state index is 12.6. The van der Waals surface area contributed by atoms with Gasteiger partial charge in [-0.2, -0.15) is 13.2 Å². The van der Waals surface area contributed by atoms with Crippen LogP contribution >= 0.6 is 12.4 Å². The van der Waals surface area contributed by atoms with Crippen molar-refractivity contribution in [2.24, 2.45) is 0 Å². The second-order valence-electron chi connectivity index (χ2n) is 5.12. The highest BCUT2D eigenvalue weighted by Crippen LogP contribution is 2.31. The number of hydrogen-bond donors (Lipinski definition) is 2. The third kappa shape index (κ3) is 5.20. The van der Waals surface area contributed by atoms with Gasteiger partial charge >= 0.3 is 6.18 Å². The summed E-state index contributed by atoms with van der Waals surface area (Å²) in [5, 5.41) is 3.11. The van der Waals surface area contributed by atoms with Gasteiger partial charge in [0.05, 0.1) is 10.5 Å². The van der Waals surface area contributed by atoms with Crippen LogP contribution in [0.1, 0.15) is 17.5 Å². The van der Waals surface area contributed by atoms with E-state index in [9.17, 15) is 21.6 Å². The number of rotatable bonds is 4. The van der Waals surface area contributed by atoms with Crippen molar-refractivity contribution in [3.63, 3.8) is 0 Å². The number of nitrogens with one attached hydrogen (secondary N) is 2. The predicted molar refractivity (Wildman–Crippen MR) is 84.2 cm³/mol. The van der Waals surface area contributed by atoms with Crippen LogP contribution in [-0.4, -0.2) is 28.1 Å². The Bertz CT molecular complexity index is 688. The van der Waals surface area contributed by atoms with Crippen molar-refractivity contribution in [2.45, 2.75) is 24.4 Å². The molecule has 0 amide bonds. The van der Waals surface area contributed by atoms with Crippen LogP contribution in [0.2, 0.25) is 0 Å². The predicted octanol–water partition coefficient (Wildman–Crippen LogP) is 2.63. The molecule has 0 bridgehead atoms. The second-order valence-corrected chi connectivity index (χ2v) is 6.85. The minimum atomic E-state index is -4.49. The Morgan fingerprint density at radius 1 is 1.30 bits per heavy atom. The summed E-state index contributed by atoms with van der Waals surface area (Å²) in [6.45, 7) is 3.00. The lowest BCUT2D eigenvalue weighted by molar-refractivity contribution is -0.137. The molecular weight excluding hydrogens is 353 g/mol. The summed E-state index contributed by atoms with van der Waals surface area (Å²) in [5.74, 6) is 0. The molecule has 2 rings (SSSR count). The molecule has 2 N–H and O–H groups in total. The third-order valence-corrected chi connectivity index (χ3v) is 5.00. The molecule has 1 aliphatic heterocycles. The molecule has 0 radical (unpaired) electrons. The molecule has 1 aromatic carbocycles. The van der Waals surface area contributed by atoms with Crippen LogP contribution in [0, 0.1) is 6.92 Å². The van der Waals surface area contributed by atoms with E-state index in [1.54, 1.807) is 0 Å². The number of aryl methyl sites for hydroxylation is 1. The Hall–Kier alpha value is -1.09. The van der Waals surface area contributed by atoms with Crippen LogP contribution in [0.4, 0.5) is 13.2 Å². The fraction of sp³-hybridized carbons (Fsp3) is 0.429. The minimum Gasteiger partial charge on any atom is -0.313 e. The first kappa shape index (κ1) is 20.0. The first-order valence-corrected chi connectivity index (χ1v) is 8.24. The van der Waals surface area contributed by atoms with Crippen LogP contribution in [0.3, 0.4) is 0 Å². The standard InChI is InChI=1S/C14H17F3N2O2S.ClH/c1-10-8-12(14(15,16)17)2-3-13(10)22(20,21)19-9-11-4-6-18-7-5-11;/h2-4,8,18-19H,5-7,9H2,1H3;1H. The zero-order valence-corrected chi connectivity index (χ0v) is 14.0. The summed E-state index contributed by atoms with van der Waals surface area (Å²) < 4.78 is 64.7. The van der Waals surface area contributed by atoms with E-state index < -0.39 is 21.8 Å². The molecule has 1 heterocycles. The van der Waals surface area contributed by atoms with Gasteiger partial charge in [0, 0.05) is 13.1 Å². The van der Waals surface area contributed by atoms with Crippen LogP contribution in [0.5, 0.6) is 0 Å². The third-order valence-electron chi connectivity index (χ3n) is 3.44. The van der Waals surface area contributed by atoms with Gasteiger partial charge < -0.3 is 5.32 Å². The molecule has 0 fully saturated rings. The number of hydrogen-bond acceptors (Lipinski definition) is 3. The number of halogens is 4. The van der Waals surface area contributed by atoms with Gasteiger partial charge in [0.15, 0.2) is 0 Å². The van der Waals surface area contributed by atoms with Gasteiger partial charge in [0.25, 0.3) is 0 Å². The second kappa shape index (κ2) is 7.65. The highest BCUT2D eigenvalue weighted by Gasteiger charge is 2.31. The molecule has 0 saturated heterocycles. The molecule has 0 saturated carbocycles. The van der Waals surface area contributed by atoms with Crippen LogP contribution in [0.25, 0.3) is 0 Å². The molecule has 0 atom stereocenters. The highest BCUT2D eigenvalue weighted by atomic mass is 35.5. The quantitative estimate of drug-likeness (QED) is 0.801. The largest absolute Gasteiger partial charge is 0.416 e. The summed E-state index contributed by atoms with van der Waals surface area (Å²) in [6, 6.07) is 2.63. The van der Waals surface area contributed by atoms with Crippen molar-refractivity contribution in [3.8, 4) is 0 Å². The van der Waals surface area contributed by atoms with Gasteiger partial charge in [-0.15, -0.1) is 12.4 Å². The lowest BCUT2D eigenvalue weighted by Crippen LogP contribution is -2.30. The van der Waals surface area contributed by atoms with E-state index >= 15 is 0 Å². The van der Waals surface area contributed by atoms with E-state index in [0.29, 0.717) is 6.54 Å². The van der Waals surface area contributed by atoms with E-state index in [4.69, 9.17) is 0 Å². The maximum atomic E-state index is 12.6. The van der Waals surface area contributed by atoms with Crippen molar-refractivity contribution < 1.29 is 21.6 Å². The molecule has 0 aromatic heterocycles. The lowest BCUT2D eigenvalue weighted by Gasteiger charge is -2.16. The van der Waals surface area contributed by atoms with Crippen molar-refractivity contribution in [1.29, 1.82) is 0 Å². The average molecular weight is 371 g/mol. The Morgan fingerprint density at radius 2 is 2.00 bits per heavy atom. The first-order chi connectivity index (χ1) is 10.2. The number of benzene rings is 1. The first-order valence-electron chi connectivity index (χ1n) is 6.76. The number of alkyl halides is 3. The van der Waals surface area contributed by atoms with Crippen LogP contribution < -0.4 is 10.0 Å². The molecule has 1 aromatic rings. The molecule has 4 nitrogen and oxygen atoms in total. The number of sulfonamides is 1. The van der Waals surface area contributed by atoms with E-state index in [0.717, 1.165) is 36.7 Å². The summed E-state index contributed by atoms with van der Waals surface area (Å²) >= 11 is 0. The van der Waals surface area contributed by atoms with Crippen molar-refractivity contribution >= 4 is 22.4 Å². The fourth-order valence-electron chi connectivity index (χ4n) is 2.22. The van der Waals surface area contributed by atoms with E-state index in [1.165, 1.54) is 6.92 Å². The Kier molecular flexibility index (Phi) is 6.64. The Morgan fingerprint density at radius 3 is 2.52 bits per heavy atom. The van der Waals surface area contributed by atoms with Gasteiger partial charge in [0.1, 0.15) is 0 Å². The van der Waals surface area contributed by atoms with E-state index in [1.807, 2.05) is 6.08 Å². The van der Waals surface area contributed by atoms with Gasteiger partial charge in [-0.1, -0.05) is 11.6 Å². The SMILES string of the molecule is Cc1cc(C(F)(F)F)ccc1S(=O)(=O)NCC1=CCNCC1.Cl. The minimum absolute atomic E-state index is 0. The Labute approximate surface area is 139 Å². The summed E-state index contributed by atoms with van der Waals surface area (Å²) in [4.78, 5) is -0.130. The smallest absolute Gasteiger partial charge is 0.313 e. The van der Waals surface area contributed by atoms with Gasteiger partial charge in [0.2, 0.25) is 10.0 Å². The van der Waals surface area contributed by atoms with Gasteiger partial charge in [-0.3, -0.25) is 0 Å². The molecule has 0 aliphatic carbocycles. The van der Waals surface area contributed by atoms with Gasteiger partial charge in [-0.25, -0.2) is 13.1 Å². The van der Waals surface area contributed by atoms with E-state index in [-0.39, 0.29) is 29.4 Å². The summed E-state index contributed by atoms with van der Waals surface area (Å²) in [5.41, 5.74) is 0.179. The van der Waals surface area contributed by atoms with Crippen molar-refractivity contribution in [1.82, 2.24) is 10.0 Å². The molecule has 130 valence electrons. The van der Waals surface area contributed by atoms with Gasteiger partial charge in [-0.05, 0) is 43.7 Å².